The summed E-state index contributed by atoms with van der Waals surface area (Å²) in [6.45, 7) is 0. The predicted octanol–water partition coefficient (Wildman–Crippen LogP) is 3.64. The lowest BCUT2D eigenvalue weighted by molar-refractivity contribution is -0.126. The Morgan fingerprint density at radius 1 is 1.06 bits per heavy atom. The first-order valence-electron chi connectivity index (χ1n) is 7.56. The van der Waals surface area contributed by atoms with Crippen LogP contribution < -0.4 is 5.32 Å². The van der Waals surface area contributed by atoms with Crippen LogP contribution in [0.2, 0.25) is 0 Å². The quantitative estimate of drug-likeness (QED) is 0.609. The van der Waals surface area contributed by atoms with Crippen LogP contribution in [0.1, 0.15) is 57.8 Å². The Labute approximate surface area is 118 Å². The maximum Gasteiger partial charge on any atom is 0.220 e. The number of carbonyl (C=O) groups excluding carboxylic acids is 1. The third kappa shape index (κ3) is 2.61. The molecule has 4 saturated carbocycles. The second kappa shape index (κ2) is 5.15. The summed E-state index contributed by atoms with van der Waals surface area (Å²) in [5.74, 6) is 3.05. The van der Waals surface area contributed by atoms with Gasteiger partial charge in [-0.2, -0.15) is 0 Å². The van der Waals surface area contributed by atoms with E-state index >= 15 is 0 Å². The summed E-state index contributed by atoms with van der Waals surface area (Å²) in [7, 11) is 0. The third-order valence-corrected chi connectivity index (χ3v) is 5.79. The first kappa shape index (κ1) is 13.0. The van der Waals surface area contributed by atoms with Gasteiger partial charge in [-0.1, -0.05) is 15.9 Å². The Hall–Kier alpha value is -0.0500. The molecular formula is C15H24BrNO. The van der Waals surface area contributed by atoms with E-state index in [4.69, 9.17) is 0 Å². The molecule has 0 aromatic heterocycles. The maximum absolute atomic E-state index is 12.1. The van der Waals surface area contributed by atoms with Gasteiger partial charge in [0.1, 0.15) is 0 Å². The lowest BCUT2D eigenvalue weighted by Gasteiger charge is -2.56. The van der Waals surface area contributed by atoms with Crippen molar-refractivity contribution in [1.29, 1.82) is 0 Å². The summed E-state index contributed by atoms with van der Waals surface area (Å²) in [5, 5.41) is 4.44. The molecule has 4 rings (SSSR count). The zero-order chi connectivity index (χ0) is 12.6. The van der Waals surface area contributed by atoms with Gasteiger partial charge in [-0.25, -0.2) is 0 Å². The highest BCUT2D eigenvalue weighted by Crippen LogP contribution is 2.55. The summed E-state index contributed by atoms with van der Waals surface area (Å²) in [6, 6.07) is 0. The van der Waals surface area contributed by atoms with Crippen molar-refractivity contribution in [3.63, 3.8) is 0 Å². The molecule has 1 amide bonds. The molecule has 0 aliphatic heterocycles. The van der Waals surface area contributed by atoms with Crippen molar-refractivity contribution in [2.24, 2.45) is 17.8 Å². The highest BCUT2D eigenvalue weighted by Gasteiger charge is 2.51. The summed E-state index contributed by atoms with van der Waals surface area (Å²) in [6.07, 6.45) is 11.0. The molecule has 0 aromatic carbocycles. The zero-order valence-electron chi connectivity index (χ0n) is 11.1. The van der Waals surface area contributed by atoms with Crippen LogP contribution in [0, 0.1) is 17.8 Å². The van der Waals surface area contributed by atoms with Crippen molar-refractivity contribution >= 4 is 21.8 Å². The number of nitrogens with one attached hydrogen (secondary N) is 1. The van der Waals surface area contributed by atoms with Gasteiger partial charge in [0.05, 0.1) is 0 Å². The van der Waals surface area contributed by atoms with Crippen LogP contribution in [-0.4, -0.2) is 16.8 Å². The van der Waals surface area contributed by atoms with E-state index in [2.05, 4.69) is 21.2 Å². The fourth-order valence-electron chi connectivity index (χ4n) is 5.00. The van der Waals surface area contributed by atoms with Crippen LogP contribution in [0.5, 0.6) is 0 Å². The predicted molar refractivity (Wildman–Crippen MR) is 76.7 cm³/mol. The third-order valence-electron chi connectivity index (χ3n) is 5.23. The fraction of sp³-hybridized carbons (Fsp3) is 0.933. The number of hydrogen-bond donors (Lipinski definition) is 1. The molecule has 2 nitrogen and oxygen atoms in total. The Morgan fingerprint density at radius 3 is 2.11 bits per heavy atom. The molecule has 4 bridgehead atoms. The molecule has 0 atom stereocenters. The second-order valence-electron chi connectivity index (χ2n) is 6.89. The Bertz CT molecular complexity index is 293. The van der Waals surface area contributed by atoms with Crippen molar-refractivity contribution < 1.29 is 4.79 Å². The van der Waals surface area contributed by atoms with Gasteiger partial charge in [0, 0.05) is 17.3 Å². The van der Waals surface area contributed by atoms with Crippen LogP contribution in [0.25, 0.3) is 0 Å². The molecule has 3 heteroatoms. The van der Waals surface area contributed by atoms with Gasteiger partial charge in [0.25, 0.3) is 0 Å². The molecule has 4 aliphatic rings. The molecule has 4 aliphatic carbocycles. The normalized spacial score (nSPS) is 41.1. The van der Waals surface area contributed by atoms with Gasteiger partial charge >= 0.3 is 0 Å². The van der Waals surface area contributed by atoms with Crippen LogP contribution in [-0.2, 0) is 4.79 Å². The largest absolute Gasteiger partial charge is 0.351 e. The minimum Gasteiger partial charge on any atom is -0.351 e. The fourth-order valence-corrected chi connectivity index (χ4v) is 5.40. The van der Waals surface area contributed by atoms with Gasteiger partial charge in [-0.3, -0.25) is 4.79 Å². The van der Waals surface area contributed by atoms with E-state index in [1.165, 1.54) is 38.5 Å². The SMILES string of the molecule is O=C(CCCCBr)NC12CC3CC(CC(C3)C1)C2. The van der Waals surface area contributed by atoms with E-state index in [1.54, 1.807) is 0 Å². The highest BCUT2D eigenvalue weighted by molar-refractivity contribution is 9.09. The number of alkyl halides is 1. The number of halogens is 1. The minimum atomic E-state index is 0.209. The molecule has 0 unspecified atom stereocenters. The Balaban J connectivity index is 1.57. The first-order chi connectivity index (χ1) is 8.69. The topological polar surface area (TPSA) is 29.1 Å². The number of carbonyl (C=O) groups is 1. The first-order valence-corrected chi connectivity index (χ1v) is 8.68. The van der Waals surface area contributed by atoms with E-state index in [0.29, 0.717) is 12.3 Å². The Kier molecular flexibility index (Phi) is 3.70. The average molecular weight is 314 g/mol. The maximum atomic E-state index is 12.1. The molecule has 102 valence electrons. The minimum absolute atomic E-state index is 0.209. The number of rotatable bonds is 5. The summed E-state index contributed by atoms with van der Waals surface area (Å²) in [5.41, 5.74) is 0.209. The Morgan fingerprint density at radius 2 is 1.61 bits per heavy atom. The van der Waals surface area contributed by atoms with E-state index in [-0.39, 0.29) is 5.54 Å². The molecule has 1 N–H and O–H groups in total. The standard InChI is InChI=1S/C15H24BrNO/c16-4-2-1-3-14(18)17-15-8-11-5-12(9-15)7-13(6-11)10-15/h11-13H,1-10H2,(H,17,18). The molecule has 0 saturated heterocycles. The molecule has 0 radical (unpaired) electrons. The van der Waals surface area contributed by atoms with Gasteiger partial charge in [0.15, 0.2) is 0 Å². The van der Waals surface area contributed by atoms with Gasteiger partial charge in [0.2, 0.25) is 5.91 Å². The monoisotopic (exact) mass is 313 g/mol. The smallest absolute Gasteiger partial charge is 0.220 e. The summed E-state index contributed by atoms with van der Waals surface area (Å²) in [4.78, 5) is 12.1. The molecular weight excluding hydrogens is 290 g/mol. The van der Waals surface area contributed by atoms with Crippen LogP contribution in [0.15, 0.2) is 0 Å². The molecule has 0 aromatic rings. The number of hydrogen-bond acceptors (Lipinski definition) is 1. The average Bonchev–Trinajstić information content (AvgIpc) is 2.26. The van der Waals surface area contributed by atoms with Crippen molar-refractivity contribution in [3.05, 3.63) is 0 Å². The van der Waals surface area contributed by atoms with Crippen molar-refractivity contribution in [2.75, 3.05) is 5.33 Å². The van der Waals surface area contributed by atoms with Gasteiger partial charge < -0.3 is 5.32 Å². The van der Waals surface area contributed by atoms with E-state index in [9.17, 15) is 4.79 Å². The van der Waals surface area contributed by atoms with Crippen LogP contribution in [0.4, 0.5) is 0 Å². The molecule has 18 heavy (non-hydrogen) atoms. The lowest BCUT2D eigenvalue weighted by Crippen LogP contribution is -2.59. The second-order valence-corrected chi connectivity index (χ2v) is 7.69. The molecule has 4 fully saturated rings. The van der Waals surface area contributed by atoms with E-state index in [1.807, 2.05) is 0 Å². The van der Waals surface area contributed by atoms with Gasteiger partial charge in [-0.05, 0) is 69.1 Å². The number of amides is 1. The van der Waals surface area contributed by atoms with Crippen molar-refractivity contribution in [3.8, 4) is 0 Å². The van der Waals surface area contributed by atoms with E-state index in [0.717, 1.165) is 35.9 Å². The summed E-state index contributed by atoms with van der Waals surface area (Å²) < 4.78 is 0. The zero-order valence-corrected chi connectivity index (χ0v) is 12.7. The lowest BCUT2D eigenvalue weighted by atomic mass is 9.53. The molecule has 0 spiro atoms. The molecule has 0 heterocycles. The summed E-state index contributed by atoms with van der Waals surface area (Å²) >= 11 is 3.42. The van der Waals surface area contributed by atoms with Crippen LogP contribution >= 0.6 is 15.9 Å². The number of unbranched alkanes of at least 4 members (excludes halogenated alkanes) is 1. The van der Waals surface area contributed by atoms with Crippen molar-refractivity contribution in [1.82, 2.24) is 5.32 Å². The van der Waals surface area contributed by atoms with Gasteiger partial charge in [-0.15, -0.1) is 0 Å². The van der Waals surface area contributed by atoms with E-state index < -0.39 is 0 Å². The highest BCUT2D eigenvalue weighted by atomic mass is 79.9. The van der Waals surface area contributed by atoms with Crippen molar-refractivity contribution in [2.45, 2.75) is 63.3 Å². The van der Waals surface area contributed by atoms with Crippen LogP contribution in [0.3, 0.4) is 0 Å².